The van der Waals surface area contributed by atoms with Gasteiger partial charge in [0.15, 0.2) is 5.54 Å². The Morgan fingerprint density at radius 1 is 1.29 bits per heavy atom. The standard InChI is InChI=1S/C11H21NO5/c1-7(2)11(6-13,8(14)15)12-9(16)17-10(3,4)5/h7,13H,6H2,1-5H3,(H,12,16)(H,14,15). The van der Waals surface area contributed by atoms with E-state index in [1.54, 1.807) is 34.6 Å². The molecule has 0 spiro atoms. The van der Waals surface area contributed by atoms with Crippen LogP contribution in [0.15, 0.2) is 0 Å². The number of carboxylic acid groups (broad SMARTS) is 1. The van der Waals surface area contributed by atoms with Gasteiger partial charge >= 0.3 is 12.1 Å². The van der Waals surface area contributed by atoms with Crippen LogP contribution in [-0.2, 0) is 9.53 Å². The molecule has 0 aliphatic rings. The van der Waals surface area contributed by atoms with E-state index in [0.717, 1.165) is 0 Å². The van der Waals surface area contributed by atoms with E-state index < -0.39 is 35.7 Å². The molecule has 1 unspecified atom stereocenters. The molecule has 6 nitrogen and oxygen atoms in total. The highest BCUT2D eigenvalue weighted by Crippen LogP contribution is 2.18. The lowest BCUT2D eigenvalue weighted by Crippen LogP contribution is -2.61. The average Bonchev–Trinajstić information content (AvgIpc) is 2.09. The predicted octanol–water partition coefficient (Wildman–Crippen LogP) is 0.983. The zero-order valence-electron chi connectivity index (χ0n) is 10.9. The molecule has 0 radical (unpaired) electrons. The van der Waals surface area contributed by atoms with Crippen molar-refractivity contribution in [2.24, 2.45) is 5.92 Å². The Hall–Kier alpha value is -1.30. The number of aliphatic hydroxyl groups excluding tert-OH is 1. The van der Waals surface area contributed by atoms with Gasteiger partial charge in [-0.3, -0.25) is 0 Å². The van der Waals surface area contributed by atoms with Crippen molar-refractivity contribution in [2.75, 3.05) is 6.61 Å². The third-order valence-corrected chi connectivity index (χ3v) is 2.34. The first kappa shape index (κ1) is 15.7. The normalized spacial score (nSPS) is 15.2. The highest BCUT2D eigenvalue weighted by Gasteiger charge is 2.43. The molecule has 0 bridgehead atoms. The molecule has 0 rings (SSSR count). The molecule has 0 aromatic carbocycles. The number of carboxylic acids is 1. The Labute approximate surface area is 101 Å². The number of nitrogens with one attached hydrogen (secondary N) is 1. The zero-order chi connectivity index (χ0) is 13.9. The van der Waals surface area contributed by atoms with Gasteiger partial charge in [0.1, 0.15) is 5.60 Å². The van der Waals surface area contributed by atoms with Gasteiger partial charge in [-0.1, -0.05) is 13.8 Å². The summed E-state index contributed by atoms with van der Waals surface area (Å²) in [6, 6.07) is 0. The summed E-state index contributed by atoms with van der Waals surface area (Å²) in [5, 5.41) is 20.5. The fourth-order valence-corrected chi connectivity index (χ4v) is 1.22. The first-order chi connectivity index (χ1) is 7.55. The van der Waals surface area contributed by atoms with Crippen molar-refractivity contribution in [3.05, 3.63) is 0 Å². The van der Waals surface area contributed by atoms with Gasteiger partial charge in [-0.05, 0) is 26.7 Å². The first-order valence-corrected chi connectivity index (χ1v) is 5.40. The fraction of sp³-hybridized carbons (Fsp3) is 0.818. The molecule has 0 heterocycles. The summed E-state index contributed by atoms with van der Waals surface area (Å²) in [5.74, 6) is -1.77. The van der Waals surface area contributed by atoms with Crippen LogP contribution in [0.25, 0.3) is 0 Å². The summed E-state index contributed by atoms with van der Waals surface area (Å²) in [4.78, 5) is 22.7. The van der Waals surface area contributed by atoms with Crippen molar-refractivity contribution in [3.8, 4) is 0 Å². The van der Waals surface area contributed by atoms with Gasteiger partial charge in [-0.25, -0.2) is 9.59 Å². The highest BCUT2D eigenvalue weighted by molar-refractivity contribution is 5.85. The van der Waals surface area contributed by atoms with Gasteiger partial charge in [0.05, 0.1) is 6.61 Å². The maximum atomic E-state index is 11.5. The molecule has 0 saturated heterocycles. The number of carbonyl (C=O) groups is 2. The first-order valence-electron chi connectivity index (χ1n) is 5.40. The monoisotopic (exact) mass is 247 g/mol. The van der Waals surface area contributed by atoms with Gasteiger partial charge in [-0.15, -0.1) is 0 Å². The minimum Gasteiger partial charge on any atom is -0.479 e. The number of alkyl carbamates (subject to hydrolysis) is 1. The molecule has 1 amide bonds. The van der Waals surface area contributed by atoms with E-state index in [1.165, 1.54) is 0 Å². The molecular formula is C11H21NO5. The second-order valence-electron chi connectivity index (χ2n) is 5.22. The fourth-order valence-electron chi connectivity index (χ4n) is 1.22. The largest absolute Gasteiger partial charge is 0.479 e. The van der Waals surface area contributed by atoms with E-state index in [1.807, 2.05) is 0 Å². The van der Waals surface area contributed by atoms with Gasteiger partial charge in [0, 0.05) is 0 Å². The Morgan fingerprint density at radius 3 is 2.00 bits per heavy atom. The Morgan fingerprint density at radius 2 is 1.76 bits per heavy atom. The maximum absolute atomic E-state index is 11.5. The quantitative estimate of drug-likeness (QED) is 0.688. The minimum absolute atomic E-state index is 0.475. The van der Waals surface area contributed by atoms with Gasteiger partial charge in [0.25, 0.3) is 0 Å². The van der Waals surface area contributed by atoms with Crippen LogP contribution in [0.4, 0.5) is 4.79 Å². The van der Waals surface area contributed by atoms with E-state index in [2.05, 4.69) is 5.32 Å². The van der Waals surface area contributed by atoms with Crippen molar-refractivity contribution in [2.45, 2.75) is 45.8 Å². The summed E-state index contributed by atoms with van der Waals surface area (Å²) in [5.41, 5.74) is -2.44. The SMILES string of the molecule is CC(C)C(CO)(NC(=O)OC(C)(C)C)C(=O)O. The Kier molecular flexibility index (Phi) is 4.94. The van der Waals surface area contributed by atoms with E-state index >= 15 is 0 Å². The van der Waals surface area contributed by atoms with Crippen molar-refractivity contribution in [1.82, 2.24) is 5.32 Å². The van der Waals surface area contributed by atoms with Crippen LogP contribution in [0.3, 0.4) is 0 Å². The van der Waals surface area contributed by atoms with E-state index in [4.69, 9.17) is 9.84 Å². The summed E-state index contributed by atoms with van der Waals surface area (Å²) in [7, 11) is 0. The molecule has 3 N–H and O–H groups in total. The Bertz CT molecular complexity index is 295. The number of hydrogen-bond acceptors (Lipinski definition) is 4. The summed E-state index contributed by atoms with van der Waals surface area (Å²) in [6.45, 7) is 7.51. The van der Waals surface area contributed by atoms with Crippen LogP contribution in [0.1, 0.15) is 34.6 Å². The van der Waals surface area contributed by atoms with Crippen molar-refractivity contribution < 1.29 is 24.5 Å². The summed E-state index contributed by atoms with van der Waals surface area (Å²) in [6.07, 6.45) is -0.859. The van der Waals surface area contributed by atoms with Crippen LogP contribution < -0.4 is 5.32 Å². The zero-order valence-corrected chi connectivity index (χ0v) is 10.9. The van der Waals surface area contributed by atoms with E-state index in [9.17, 15) is 14.7 Å². The average molecular weight is 247 g/mol. The van der Waals surface area contributed by atoms with Gasteiger partial charge in [0.2, 0.25) is 0 Å². The molecule has 1 atom stereocenters. The summed E-state index contributed by atoms with van der Waals surface area (Å²) < 4.78 is 4.97. The van der Waals surface area contributed by atoms with Crippen molar-refractivity contribution >= 4 is 12.1 Å². The summed E-state index contributed by atoms with van der Waals surface area (Å²) >= 11 is 0. The molecule has 100 valence electrons. The number of aliphatic carboxylic acids is 1. The van der Waals surface area contributed by atoms with Crippen LogP contribution >= 0.6 is 0 Å². The second kappa shape index (κ2) is 5.35. The van der Waals surface area contributed by atoms with Crippen LogP contribution in [0.5, 0.6) is 0 Å². The van der Waals surface area contributed by atoms with Crippen molar-refractivity contribution in [3.63, 3.8) is 0 Å². The van der Waals surface area contributed by atoms with Crippen LogP contribution in [0.2, 0.25) is 0 Å². The molecule has 0 aliphatic heterocycles. The number of amides is 1. The molecule has 0 saturated carbocycles. The van der Waals surface area contributed by atoms with E-state index in [0.29, 0.717) is 0 Å². The molecule has 0 aliphatic carbocycles. The Balaban J connectivity index is 4.89. The lowest BCUT2D eigenvalue weighted by atomic mass is 9.87. The predicted molar refractivity (Wildman–Crippen MR) is 61.7 cm³/mol. The third-order valence-electron chi connectivity index (χ3n) is 2.34. The van der Waals surface area contributed by atoms with Gasteiger partial charge in [-0.2, -0.15) is 0 Å². The highest BCUT2D eigenvalue weighted by atomic mass is 16.6. The second-order valence-corrected chi connectivity index (χ2v) is 5.22. The molecule has 0 aromatic rings. The number of rotatable bonds is 4. The molecule has 6 heteroatoms. The lowest BCUT2D eigenvalue weighted by molar-refractivity contribution is -0.149. The molecule has 17 heavy (non-hydrogen) atoms. The van der Waals surface area contributed by atoms with Crippen molar-refractivity contribution in [1.29, 1.82) is 0 Å². The molecule has 0 fully saturated rings. The van der Waals surface area contributed by atoms with Crippen LogP contribution in [0, 0.1) is 5.92 Å². The molecule has 0 aromatic heterocycles. The number of ether oxygens (including phenoxy) is 1. The number of aliphatic hydroxyl groups is 1. The molecular weight excluding hydrogens is 226 g/mol. The number of carbonyl (C=O) groups excluding carboxylic acids is 1. The van der Waals surface area contributed by atoms with Crippen LogP contribution in [-0.4, -0.2) is 40.0 Å². The minimum atomic E-state index is -1.72. The van der Waals surface area contributed by atoms with Gasteiger partial charge < -0.3 is 20.3 Å². The number of hydrogen-bond donors (Lipinski definition) is 3. The van der Waals surface area contributed by atoms with E-state index in [-0.39, 0.29) is 0 Å². The lowest BCUT2D eigenvalue weighted by Gasteiger charge is -2.33. The topological polar surface area (TPSA) is 95.9 Å². The maximum Gasteiger partial charge on any atom is 0.408 e. The smallest absolute Gasteiger partial charge is 0.408 e. The third kappa shape index (κ3) is 4.22.